The van der Waals surface area contributed by atoms with Crippen molar-refractivity contribution in [3.05, 3.63) is 34.0 Å². The number of piperazine rings is 2. The van der Waals surface area contributed by atoms with Gasteiger partial charge in [0, 0.05) is 78.4 Å². The van der Waals surface area contributed by atoms with Crippen LogP contribution in [0.1, 0.15) is 54.4 Å². The van der Waals surface area contributed by atoms with Crippen molar-refractivity contribution in [1.82, 2.24) is 28.5 Å². The van der Waals surface area contributed by atoms with E-state index in [1.165, 1.54) is 8.61 Å². The molecule has 0 spiro atoms. The normalized spacial score (nSPS) is 19.2. The molecule has 5 rings (SSSR count). The van der Waals surface area contributed by atoms with Gasteiger partial charge in [-0.05, 0) is 73.4 Å². The summed E-state index contributed by atoms with van der Waals surface area (Å²) in [6, 6.07) is 0. The standard InChI is InChI=1S/C18H27BrN4O5S.C14H21BrN4O4S/c1-17(2,3)28-16(24)18(4-10-27-11-5-18)29(25,26)23-8-6-22(7-9-23)15-13-20-14(19)12-21-15;1-14(2,3)23-13(20)10-24(21,22)19-6-4-18(5-7-19)12-9-16-11(15)8-17-12/h12-13H,4-11H2,1-3H3;8-9H,4-7,10H2,1-3H3. The molecule has 0 aromatic carbocycles. The van der Waals surface area contributed by atoms with E-state index in [2.05, 4.69) is 51.8 Å². The van der Waals surface area contributed by atoms with Crippen molar-refractivity contribution in [2.24, 2.45) is 0 Å². The van der Waals surface area contributed by atoms with Gasteiger partial charge in [-0.1, -0.05) is 0 Å². The van der Waals surface area contributed by atoms with E-state index in [0.717, 1.165) is 0 Å². The highest BCUT2D eigenvalue weighted by atomic mass is 79.9. The van der Waals surface area contributed by atoms with Crippen LogP contribution in [0, 0.1) is 0 Å². The SMILES string of the molecule is CC(C)(C)OC(=O)C1(S(=O)(=O)N2CCN(c3cnc(Br)cn3)CC2)CCOCC1.CC(C)(C)OC(=O)CS(=O)(=O)N1CCN(c2cnc(Br)cn2)CC1. The van der Waals surface area contributed by atoms with Gasteiger partial charge >= 0.3 is 11.9 Å². The average Bonchev–Trinajstić information content (AvgIpc) is 3.08. The first-order valence-corrected chi connectivity index (χ1v) is 21.7. The summed E-state index contributed by atoms with van der Waals surface area (Å²) in [6.07, 6.45) is 6.69. The molecule has 0 radical (unpaired) electrons. The van der Waals surface area contributed by atoms with Gasteiger partial charge in [0.1, 0.15) is 32.0 Å². The zero-order valence-electron chi connectivity index (χ0n) is 30.8. The summed E-state index contributed by atoms with van der Waals surface area (Å²) in [5.74, 6) is -0.665. The lowest BCUT2D eigenvalue weighted by atomic mass is 9.99. The summed E-state index contributed by atoms with van der Waals surface area (Å²) >= 11 is 6.48. The van der Waals surface area contributed by atoms with Crippen molar-refractivity contribution in [3.8, 4) is 0 Å². The highest BCUT2D eigenvalue weighted by Gasteiger charge is 2.56. The Bertz CT molecular complexity index is 1770. The van der Waals surface area contributed by atoms with Crippen molar-refractivity contribution < 1.29 is 40.6 Å². The molecule has 17 nitrogen and oxygen atoms in total. The molecule has 2 aromatic heterocycles. The predicted molar refractivity (Wildman–Crippen MR) is 204 cm³/mol. The second kappa shape index (κ2) is 17.5. The molecule has 0 atom stereocenters. The molecule has 0 bridgehead atoms. The third-order valence-corrected chi connectivity index (χ3v) is 13.5. The second-order valence-corrected chi connectivity index (χ2v) is 20.5. The van der Waals surface area contributed by atoms with Crippen molar-refractivity contribution in [3.63, 3.8) is 0 Å². The maximum Gasteiger partial charge on any atom is 0.329 e. The first-order chi connectivity index (χ1) is 24.6. The quantitative estimate of drug-likeness (QED) is 0.351. The van der Waals surface area contributed by atoms with Gasteiger partial charge < -0.3 is 24.0 Å². The predicted octanol–water partition coefficient (Wildman–Crippen LogP) is 2.61. The fourth-order valence-corrected chi connectivity index (χ4v) is 9.53. The van der Waals surface area contributed by atoms with E-state index in [-0.39, 0.29) is 39.1 Å². The van der Waals surface area contributed by atoms with E-state index in [4.69, 9.17) is 14.2 Å². The van der Waals surface area contributed by atoms with E-state index in [1.807, 2.05) is 9.80 Å². The molecule has 0 unspecified atom stereocenters. The summed E-state index contributed by atoms with van der Waals surface area (Å²) in [5, 5.41) is 0. The fourth-order valence-electron chi connectivity index (χ4n) is 5.79. The number of carbonyl (C=O) groups excluding carboxylic acids is 2. The van der Waals surface area contributed by atoms with Gasteiger partial charge in [-0.25, -0.2) is 36.8 Å². The summed E-state index contributed by atoms with van der Waals surface area (Å²) < 4.78 is 70.3. The summed E-state index contributed by atoms with van der Waals surface area (Å²) in [5.41, 5.74) is -1.47. The van der Waals surface area contributed by atoms with Crippen LogP contribution in [0.3, 0.4) is 0 Å². The number of nitrogens with zero attached hydrogens (tertiary/aromatic N) is 8. The minimum atomic E-state index is -3.92. The van der Waals surface area contributed by atoms with Gasteiger partial charge in [-0.3, -0.25) is 9.59 Å². The molecule has 5 heterocycles. The third-order valence-electron chi connectivity index (χ3n) is 8.36. The van der Waals surface area contributed by atoms with E-state index in [1.54, 1.807) is 66.3 Å². The second-order valence-electron chi connectivity index (χ2n) is 14.6. The van der Waals surface area contributed by atoms with E-state index in [0.29, 0.717) is 60.1 Å². The van der Waals surface area contributed by atoms with E-state index in [9.17, 15) is 26.4 Å². The molecule has 296 valence electrons. The molecule has 0 amide bonds. The zero-order chi connectivity index (χ0) is 39.2. The zero-order valence-corrected chi connectivity index (χ0v) is 35.6. The number of esters is 2. The summed E-state index contributed by atoms with van der Waals surface area (Å²) in [4.78, 5) is 45.6. The van der Waals surface area contributed by atoms with Gasteiger partial charge in [0.2, 0.25) is 20.0 Å². The van der Waals surface area contributed by atoms with Crippen LogP contribution in [0.25, 0.3) is 0 Å². The minimum absolute atomic E-state index is 0.0998. The van der Waals surface area contributed by atoms with Gasteiger partial charge in [0.15, 0.2) is 10.5 Å². The van der Waals surface area contributed by atoms with Gasteiger partial charge in [0.05, 0.1) is 24.8 Å². The van der Waals surface area contributed by atoms with Crippen molar-refractivity contribution in [2.75, 3.05) is 81.1 Å². The monoisotopic (exact) mass is 910 g/mol. The van der Waals surface area contributed by atoms with Crippen molar-refractivity contribution in [1.29, 1.82) is 0 Å². The van der Waals surface area contributed by atoms with Crippen molar-refractivity contribution >= 4 is 75.5 Å². The molecule has 0 aliphatic carbocycles. The average molecular weight is 913 g/mol. The maximum absolute atomic E-state index is 13.6. The Labute approximate surface area is 328 Å². The summed E-state index contributed by atoms with van der Waals surface area (Å²) in [6.45, 7) is 13.8. The Morgan fingerprint density at radius 2 is 1.13 bits per heavy atom. The number of rotatable bonds is 8. The molecule has 3 saturated heterocycles. The Morgan fingerprint density at radius 3 is 1.53 bits per heavy atom. The smallest absolute Gasteiger partial charge is 0.329 e. The van der Waals surface area contributed by atoms with Crippen LogP contribution in [0.5, 0.6) is 0 Å². The molecule has 2 aromatic rings. The molecule has 0 saturated carbocycles. The maximum atomic E-state index is 13.6. The Morgan fingerprint density at radius 1 is 0.698 bits per heavy atom. The highest BCUT2D eigenvalue weighted by Crippen LogP contribution is 2.36. The van der Waals surface area contributed by atoms with Crippen LogP contribution in [0.4, 0.5) is 11.6 Å². The van der Waals surface area contributed by atoms with Crippen LogP contribution >= 0.6 is 31.9 Å². The molecular weight excluding hydrogens is 864 g/mol. The van der Waals surface area contributed by atoms with Crippen LogP contribution in [0.15, 0.2) is 34.0 Å². The third kappa shape index (κ3) is 11.7. The number of carbonyl (C=O) groups is 2. The first kappa shape index (κ1) is 43.2. The minimum Gasteiger partial charge on any atom is -0.459 e. The lowest BCUT2D eigenvalue weighted by Crippen LogP contribution is -2.61. The number of halogens is 2. The molecule has 3 aliphatic rings. The molecule has 3 fully saturated rings. The van der Waals surface area contributed by atoms with Crippen LogP contribution in [0.2, 0.25) is 0 Å². The van der Waals surface area contributed by atoms with Crippen molar-refractivity contribution in [2.45, 2.75) is 70.3 Å². The van der Waals surface area contributed by atoms with Gasteiger partial charge in [-0.2, -0.15) is 8.61 Å². The molecular formula is C32H48Br2N8O9S2. The lowest BCUT2D eigenvalue weighted by molar-refractivity contribution is -0.161. The van der Waals surface area contributed by atoms with Gasteiger partial charge in [0.25, 0.3) is 0 Å². The Hall–Kier alpha value is -2.56. The number of hydrogen-bond donors (Lipinski definition) is 0. The fraction of sp³-hybridized carbons (Fsp3) is 0.688. The molecule has 53 heavy (non-hydrogen) atoms. The Kier molecular flexibility index (Phi) is 14.2. The Balaban J connectivity index is 0.000000241. The molecule has 3 aliphatic heterocycles. The van der Waals surface area contributed by atoms with Crippen LogP contribution in [-0.2, 0) is 43.8 Å². The van der Waals surface area contributed by atoms with Crippen LogP contribution in [-0.4, -0.2) is 145 Å². The number of hydrogen-bond acceptors (Lipinski definition) is 15. The first-order valence-electron chi connectivity index (χ1n) is 17.1. The number of sulfonamides is 2. The van der Waals surface area contributed by atoms with E-state index < -0.39 is 53.7 Å². The van der Waals surface area contributed by atoms with E-state index >= 15 is 0 Å². The number of ether oxygens (including phenoxy) is 3. The van der Waals surface area contributed by atoms with Gasteiger partial charge in [-0.15, -0.1) is 0 Å². The number of aromatic nitrogens is 4. The molecule has 21 heteroatoms. The highest BCUT2D eigenvalue weighted by molar-refractivity contribution is 9.10. The lowest BCUT2D eigenvalue weighted by Gasteiger charge is -2.42. The topological polar surface area (TPSA) is 195 Å². The molecule has 0 N–H and O–H groups in total. The van der Waals surface area contributed by atoms with Crippen LogP contribution < -0.4 is 9.80 Å². The largest absolute Gasteiger partial charge is 0.459 e. The number of anilines is 2. The summed E-state index contributed by atoms with van der Waals surface area (Å²) in [7, 11) is -7.60.